The highest BCUT2D eigenvalue weighted by molar-refractivity contribution is 5.94. The van der Waals surface area contributed by atoms with Gasteiger partial charge in [0.15, 0.2) is 0 Å². The summed E-state index contributed by atoms with van der Waals surface area (Å²) in [5, 5.41) is 2.60. The van der Waals surface area contributed by atoms with Crippen molar-refractivity contribution in [3.05, 3.63) is 35.1 Å². The molecule has 0 heterocycles. The fourth-order valence-corrected chi connectivity index (χ4v) is 1.16. The summed E-state index contributed by atoms with van der Waals surface area (Å²) < 4.78 is 13.4. The van der Waals surface area contributed by atoms with Crippen LogP contribution in [0, 0.1) is 12.7 Å². The van der Waals surface area contributed by atoms with Crippen molar-refractivity contribution in [1.29, 1.82) is 0 Å². The largest absolute Gasteiger partial charge is 0.348 e. The van der Waals surface area contributed by atoms with Crippen LogP contribution in [-0.2, 0) is 0 Å². The van der Waals surface area contributed by atoms with Crippen LogP contribution in [0.1, 0.15) is 22.8 Å². The highest BCUT2D eigenvalue weighted by atomic mass is 19.1. The standard InChI is InChI=1S/C11H15FN2O/c1-7-3-4-9(10(12)5-7)11(15)14-8(2)6-13/h3-5,8H,6,13H2,1-2H3,(H,14,15)/t8-/m1/s1. The van der Waals surface area contributed by atoms with Crippen LogP contribution < -0.4 is 11.1 Å². The first-order chi connectivity index (χ1) is 7.04. The van der Waals surface area contributed by atoms with E-state index < -0.39 is 11.7 Å². The SMILES string of the molecule is Cc1ccc(C(=O)N[C@H](C)CN)c(F)c1. The van der Waals surface area contributed by atoms with Crippen LogP contribution >= 0.6 is 0 Å². The summed E-state index contributed by atoms with van der Waals surface area (Å²) >= 11 is 0. The van der Waals surface area contributed by atoms with Crippen LogP contribution in [0.3, 0.4) is 0 Å². The zero-order valence-electron chi connectivity index (χ0n) is 8.88. The van der Waals surface area contributed by atoms with Crippen molar-refractivity contribution in [3.63, 3.8) is 0 Å². The van der Waals surface area contributed by atoms with E-state index >= 15 is 0 Å². The summed E-state index contributed by atoms with van der Waals surface area (Å²) in [6, 6.07) is 4.36. The Hall–Kier alpha value is -1.42. The topological polar surface area (TPSA) is 55.1 Å². The highest BCUT2D eigenvalue weighted by Gasteiger charge is 2.12. The number of amides is 1. The summed E-state index contributed by atoms with van der Waals surface area (Å²) in [7, 11) is 0. The summed E-state index contributed by atoms with van der Waals surface area (Å²) in [6.07, 6.45) is 0. The van der Waals surface area contributed by atoms with Crippen LogP contribution in [0.15, 0.2) is 18.2 Å². The van der Waals surface area contributed by atoms with E-state index in [4.69, 9.17) is 5.73 Å². The molecule has 0 aliphatic carbocycles. The van der Waals surface area contributed by atoms with E-state index in [2.05, 4.69) is 5.32 Å². The molecule has 3 N–H and O–H groups in total. The van der Waals surface area contributed by atoms with Gasteiger partial charge in [-0.2, -0.15) is 0 Å². The fraction of sp³-hybridized carbons (Fsp3) is 0.364. The molecule has 1 atom stereocenters. The number of hydrogen-bond donors (Lipinski definition) is 2. The monoisotopic (exact) mass is 210 g/mol. The number of nitrogens with one attached hydrogen (secondary N) is 1. The van der Waals surface area contributed by atoms with Gasteiger partial charge in [0, 0.05) is 12.6 Å². The molecule has 82 valence electrons. The number of aryl methyl sites for hydroxylation is 1. The maximum Gasteiger partial charge on any atom is 0.254 e. The van der Waals surface area contributed by atoms with Crippen LogP contribution in [0.5, 0.6) is 0 Å². The molecule has 0 saturated carbocycles. The van der Waals surface area contributed by atoms with E-state index in [1.165, 1.54) is 12.1 Å². The molecule has 0 unspecified atom stereocenters. The number of benzene rings is 1. The molecule has 4 heteroatoms. The van der Waals surface area contributed by atoms with Gasteiger partial charge in [-0.15, -0.1) is 0 Å². The van der Waals surface area contributed by atoms with Gasteiger partial charge in [-0.3, -0.25) is 4.79 Å². The van der Waals surface area contributed by atoms with Crippen molar-refractivity contribution < 1.29 is 9.18 Å². The third-order valence-electron chi connectivity index (χ3n) is 2.10. The van der Waals surface area contributed by atoms with Gasteiger partial charge in [0.2, 0.25) is 0 Å². The van der Waals surface area contributed by atoms with Gasteiger partial charge < -0.3 is 11.1 Å². The zero-order chi connectivity index (χ0) is 11.4. The molecule has 0 fully saturated rings. The Kier molecular flexibility index (Phi) is 3.80. The smallest absolute Gasteiger partial charge is 0.254 e. The lowest BCUT2D eigenvalue weighted by molar-refractivity contribution is 0.0937. The molecular formula is C11H15FN2O. The first kappa shape index (κ1) is 11.7. The summed E-state index contributed by atoms with van der Waals surface area (Å²) in [4.78, 5) is 11.5. The van der Waals surface area contributed by atoms with Crippen LogP contribution in [0.25, 0.3) is 0 Å². The number of rotatable bonds is 3. The molecule has 1 aromatic carbocycles. The molecule has 0 bridgehead atoms. The number of hydrogen-bond acceptors (Lipinski definition) is 2. The highest BCUT2D eigenvalue weighted by Crippen LogP contribution is 2.09. The van der Waals surface area contributed by atoms with Crippen molar-refractivity contribution in [2.75, 3.05) is 6.54 Å². The Balaban J connectivity index is 2.82. The second-order valence-corrected chi connectivity index (χ2v) is 3.59. The second kappa shape index (κ2) is 4.89. The Morgan fingerprint density at radius 2 is 2.27 bits per heavy atom. The first-order valence-corrected chi connectivity index (χ1v) is 4.81. The molecule has 0 aromatic heterocycles. The lowest BCUT2D eigenvalue weighted by atomic mass is 10.1. The molecule has 0 aliphatic rings. The molecule has 15 heavy (non-hydrogen) atoms. The second-order valence-electron chi connectivity index (χ2n) is 3.59. The molecule has 0 saturated heterocycles. The summed E-state index contributed by atoms with van der Waals surface area (Å²) in [6.45, 7) is 3.87. The fourth-order valence-electron chi connectivity index (χ4n) is 1.16. The predicted molar refractivity (Wildman–Crippen MR) is 57.1 cm³/mol. The van der Waals surface area contributed by atoms with Crippen molar-refractivity contribution in [3.8, 4) is 0 Å². The van der Waals surface area contributed by atoms with Gasteiger partial charge in [-0.25, -0.2) is 4.39 Å². The average Bonchev–Trinajstić information content (AvgIpc) is 2.17. The van der Waals surface area contributed by atoms with Crippen LogP contribution in [-0.4, -0.2) is 18.5 Å². The third-order valence-corrected chi connectivity index (χ3v) is 2.10. The Bertz CT molecular complexity index is 366. The summed E-state index contributed by atoms with van der Waals surface area (Å²) in [5.41, 5.74) is 6.20. The number of halogens is 1. The predicted octanol–water partition coefficient (Wildman–Crippen LogP) is 1.21. The van der Waals surface area contributed by atoms with Crippen molar-refractivity contribution >= 4 is 5.91 Å². The van der Waals surface area contributed by atoms with Gasteiger partial charge in [0.05, 0.1) is 5.56 Å². The minimum Gasteiger partial charge on any atom is -0.348 e. The van der Waals surface area contributed by atoms with Gasteiger partial charge >= 0.3 is 0 Å². The van der Waals surface area contributed by atoms with E-state index in [1.54, 1.807) is 19.9 Å². The Morgan fingerprint density at radius 3 is 2.80 bits per heavy atom. The van der Waals surface area contributed by atoms with Crippen LogP contribution in [0.4, 0.5) is 4.39 Å². The molecule has 0 aliphatic heterocycles. The van der Waals surface area contributed by atoms with Crippen molar-refractivity contribution in [2.45, 2.75) is 19.9 Å². The molecule has 1 amide bonds. The Labute approximate surface area is 88.5 Å². The minimum absolute atomic E-state index is 0.0564. The van der Waals surface area contributed by atoms with Gasteiger partial charge in [-0.05, 0) is 31.5 Å². The van der Waals surface area contributed by atoms with Gasteiger partial charge in [0.1, 0.15) is 5.82 Å². The maximum atomic E-state index is 13.4. The molecule has 0 radical (unpaired) electrons. The molecule has 0 spiro atoms. The van der Waals surface area contributed by atoms with Gasteiger partial charge in [-0.1, -0.05) is 6.07 Å². The van der Waals surface area contributed by atoms with E-state index in [0.717, 1.165) is 5.56 Å². The first-order valence-electron chi connectivity index (χ1n) is 4.81. The van der Waals surface area contributed by atoms with E-state index in [1.807, 2.05) is 0 Å². The molecule has 1 aromatic rings. The lowest BCUT2D eigenvalue weighted by Crippen LogP contribution is -2.38. The number of nitrogens with two attached hydrogens (primary N) is 1. The van der Waals surface area contributed by atoms with Crippen LogP contribution in [0.2, 0.25) is 0 Å². The van der Waals surface area contributed by atoms with Crippen molar-refractivity contribution in [1.82, 2.24) is 5.32 Å². The average molecular weight is 210 g/mol. The summed E-state index contributed by atoms with van der Waals surface area (Å²) in [5.74, 6) is -0.929. The normalized spacial score (nSPS) is 12.3. The van der Waals surface area contributed by atoms with Gasteiger partial charge in [0.25, 0.3) is 5.91 Å². The molecule has 1 rings (SSSR count). The maximum absolute atomic E-state index is 13.4. The minimum atomic E-state index is -0.503. The Morgan fingerprint density at radius 1 is 1.60 bits per heavy atom. The molecular weight excluding hydrogens is 195 g/mol. The quantitative estimate of drug-likeness (QED) is 0.788. The zero-order valence-corrected chi connectivity index (χ0v) is 8.88. The lowest BCUT2D eigenvalue weighted by Gasteiger charge is -2.11. The third kappa shape index (κ3) is 3.02. The number of carbonyl (C=O) groups is 1. The van der Waals surface area contributed by atoms with E-state index in [0.29, 0.717) is 6.54 Å². The molecule has 3 nitrogen and oxygen atoms in total. The van der Waals surface area contributed by atoms with E-state index in [-0.39, 0.29) is 11.6 Å². The van der Waals surface area contributed by atoms with E-state index in [9.17, 15) is 9.18 Å². The van der Waals surface area contributed by atoms with Crippen molar-refractivity contribution in [2.24, 2.45) is 5.73 Å². The number of carbonyl (C=O) groups excluding carboxylic acids is 1.